The van der Waals surface area contributed by atoms with Gasteiger partial charge in [0.15, 0.2) is 0 Å². The number of aromatic hydroxyl groups is 1. The Morgan fingerprint density at radius 2 is 2.15 bits per heavy atom. The molecule has 0 amide bonds. The summed E-state index contributed by atoms with van der Waals surface area (Å²) in [6.45, 7) is 1.46. The van der Waals surface area contributed by atoms with Gasteiger partial charge in [0.05, 0.1) is 12.1 Å². The number of rotatable bonds is 2. The van der Waals surface area contributed by atoms with E-state index in [1.807, 2.05) is 0 Å². The zero-order valence-electron chi connectivity index (χ0n) is 7.29. The first kappa shape index (κ1) is 10.5. The molecule has 0 aliphatic heterocycles. The molecule has 0 aromatic heterocycles. The van der Waals surface area contributed by atoms with Gasteiger partial charge in [-0.25, -0.2) is 0 Å². The molecule has 0 bridgehead atoms. The molecule has 1 atom stereocenters. The van der Waals surface area contributed by atoms with Crippen LogP contribution in [-0.4, -0.2) is 16.8 Å². The van der Waals surface area contributed by atoms with E-state index in [1.54, 1.807) is 25.1 Å². The molecule has 3 nitrogen and oxygen atoms in total. The fourth-order valence-corrected chi connectivity index (χ4v) is 1.42. The molecule has 72 valence electrons. The summed E-state index contributed by atoms with van der Waals surface area (Å²) >= 11 is 3.22. The normalized spacial score (nSPS) is 15.4. The van der Waals surface area contributed by atoms with Crippen LogP contribution in [0.5, 0.6) is 5.75 Å². The van der Waals surface area contributed by atoms with E-state index >= 15 is 0 Å². The average molecular weight is 246 g/mol. The lowest BCUT2D eigenvalue weighted by Crippen LogP contribution is -2.36. The number of phenols is 1. The van der Waals surface area contributed by atoms with E-state index in [1.165, 1.54) is 0 Å². The molecule has 0 aliphatic rings. The zero-order chi connectivity index (χ0) is 10.1. The van der Waals surface area contributed by atoms with Crippen molar-refractivity contribution in [3.05, 3.63) is 28.2 Å². The maximum absolute atomic E-state index is 9.54. The zero-order valence-corrected chi connectivity index (χ0v) is 8.87. The van der Waals surface area contributed by atoms with Crippen molar-refractivity contribution in [1.82, 2.24) is 0 Å². The molecule has 0 saturated heterocycles. The second-order valence-corrected chi connectivity index (χ2v) is 4.15. The highest BCUT2D eigenvalue weighted by Gasteiger charge is 2.23. The number of benzene rings is 1. The van der Waals surface area contributed by atoms with Gasteiger partial charge in [0.2, 0.25) is 0 Å². The third-order valence-electron chi connectivity index (χ3n) is 1.90. The largest absolute Gasteiger partial charge is 0.508 e. The molecule has 1 aromatic carbocycles. The molecule has 0 aliphatic carbocycles. The summed E-state index contributed by atoms with van der Waals surface area (Å²) in [5.41, 5.74) is 5.40. The first-order valence-electron chi connectivity index (χ1n) is 3.86. The Bertz CT molecular complexity index is 312. The lowest BCUT2D eigenvalue weighted by Gasteiger charge is -2.23. The Balaban J connectivity index is 3.16. The molecule has 0 fully saturated rings. The molecule has 13 heavy (non-hydrogen) atoms. The summed E-state index contributed by atoms with van der Waals surface area (Å²) in [6, 6.07) is 5.02. The van der Waals surface area contributed by atoms with E-state index in [4.69, 9.17) is 10.8 Å². The van der Waals surface area contributed by atoms with E-state index in [9.17, 15) is 5.11 Å². The maximum Gasteiger partial charge on any atom is 0.121 e. The number of phenolic OH excluding ortho intramolecular Hbond substituents is 1. The fourth-order valence-electron chi connectivity index (χ4n) is 1.07. The van der Waals surface area contributed by atoms with Crippen LogP contribution >= 0.6 is 15.9 Å². The van der Waals surface area contributed by atoms with Gasteiger partial charge in [-0.1, -0.05) is 22.0 Å². The van der Waals surface area contributed by atoms with Gasteiger partial charge in [-0.15, -0.1) is 0 Å². The second-order valence-electron chi connectivity index (χ2n) is 3.24. The highest BCUT2D eigenvalue weighted by Crippen LogP contribution is 2.29. The lowest BCUT2D eigenvalue weighted by molar-refractivity contribution is 0.207. The van der Waals surface area contributed by atoms with Crippen LogP contribution in [0.1, 0.15) is 12.5 Å². The van der Waals surface area contributed by atoms with Crippen molar-refractivity contribution in [3.8, 4) is 5.75 Å². The average Bonchev–Trinajstić information content (AvgIpc) is 2.03. The van der Waals surface area contributed by atoms with Gasteiger partial charge in [0.1, 0.15) is 5.75 Å². The van der Waals surface area contributed by atoms with E-state index < -0.39 is 5.54 Å². The molecule has 4 heteroatoms. The molecular formula is C9H12BrNO2. The highest BCUT2D eigenvalue weighted by molar-refractivity contribution is 9.10. The molecular weight excluding hydrogens is 234 g/mol. The number of nitrogens with two attached hydrogens (primary N) is 1. The van der Waals surface area contributed by atoms with Gasteiger partial charge >= 0.3 is 0 Å². The molecule has 4 N–H and O–H groups in total. The van der Waals surface area contributed by atoms with Crippen LogP contribution in [0.15, 0.2) is 22.7 Å². The fraction of sp³-hybridized carbons (Fsp3) is 0.333. The van der Waals surface area contributed by atoms with Crippen LogP contribution in [0.2, 0.25) is 0 Å². The third kappa shape index (κ3) is 2.21. The van der Waals surface area contributed by atoms with E-state index in [0.717, 1.165) is 4.47 Å². The summed E-state index contributed by atoms with van der Waals surface area (Å²) in [7, 11) is 0. The van der Waals surface area contributed by atoms with Gasteiger partial charge in [-0.3, -0.25) is 0 Å². The quantitative estimate of drug-likeness (QED) is 0.737. The number of hydrogen-bond acceptors (Lipinski definition) is 3. The predicted molar refractivity (Wildman–Crippen MR) is 54.4 cm³/mol. The minimum Gasteiger partial charge on any atom is -0.508 e. The predicted octanol–water partition coefficient (Wildman–Crippen LogP) is 1.32. The van der Waals surface area contributed by atoms with Crippen molar-refractivity contribution in [2.24, 2.45) is 5.73 Å². The molecule has 0 saturated carbocycles. The van der Waals surface area contributed by atoms with Gasteiger partial charge in [-0.05, 0) is 19.1 Å². The Kier molecular flexibility index (Phi) is 2.95. The van der Waals surface area contributed by atoms with Gasteiger partial charge < -0.3 is 15.9 Å². The van der Waals surface area contributed by atoms with Gasteiger partial charge in [0, 0.05) is 10.0 Å². The monoisotopic (exact) mass is 245 g/mol. The van der Waals surface area contributed by atoms with Crippen molar-refractivity contribution < 1.29 is 10.2 Å². The van der Waals surface area contributed by atoms with Crippen LogP contribution in [0.4, 0.5) is 0 Å². The van der Waals surface area contributed by atoms with Crippen molar-refractivity contribution in [1.29, 1.82) is 0 Å². The smallest absolute Gasteiger partial charge is 0.121 e. The maximum atomic E-state index is 9.54. The molecule has 1 rings (SSSR count). The Hall–Kier alpha value is -0.580. The molecule has 0 unspecified atom stereocenters. The number of hydrogen-bond donors (Lipinski definition) is 3. The molecule has 0 heterocycles. The standard InChI is InChI=1S/C9H12BrNO2/c1-9(11,5-12)7-3-2-6(10)4-8(7)13/h2-4,12-13H,5,11H2,1H3/t9-/m1/s1. The number of aliphatic hydroxyl groups is 1. The topological polar surface area (TPSA) is 66.5 Å². The summed E-state index contributed by atoms with van der Waals surface area (Å²) in [5.74, 6) is 0.0911. The van der Waals surface area contributed by atoms with Crippen molar-refractivity contribution in [2.75, 3.05) is 6.61 Å². The first-order valence-corrected chi connectivity index (χ1v) is 4.65. The molecule has 0 spiro atoms. The van der Waals surface area contributed by atoms with Crippen molar-refractivity contribution in [2.45, 2.75) is 12.5 Å². The van der Waals surface area contributed by atoms with Crippen LogP contribution < -0.4 is 5.73 Å². The van der Waals surface area contributed by atoms with Gasteiger partial charge in [-0.2, -0.15) is 0 Å². The van der Waals surface area contributed by atoms with Gasteiger partial charge in [0.25, 0.3) is 0 Å². The highest BCUT2D eigenvalue weighted by atomic mass is 79.9. The van der Waals surface area contributed by atoms with E-state index in [-0.39, 0.29) is 12.4 Å². The summed E-state index contributed by atoms with van der Waals surface area (Å²) in [6.07, 6.45) is 0. The first-order chi connectivity index (χ1) is 5.97. The summed E-state index contributed by atoms with van der Waals surface area (Å²) in [4.78, 5) is 0. The minimum absolute atomic E-state index is 0.0911. The third-order valence-corrected chi connectivity index (χ3v) is 2.40. The minimum atomic E-state index is -0.898. The van der Waals surface area contributed by atoms with E-state index in [0.29, 0.717) is 5.56 Å². The summed E-state index contributed by atoms with van der Waals surface area (Å²) < 4.78 is 0.780. The van der Waals surface area contributed by atoms with Crippen LogP contribution in [-0.2, 0) is 5.54 Å². The summed E-state index contributed by atoms with van der Waals surface area (Å²) in [5, 5.41) is 18.5. The molecule has 1 aromatic rings. The van der Waals surface area contributed by atoms with Crippen LogP contribution in [0, 0.1) is 0 Å². The lowest BCUT2D eigenvalue weighted by atomic mass is 9.93. The Morgan fingerprint density at radius 3 is 2.62 bits per heavy atom. The van der Waals surface area contributed by atoms with Crippen molar-refractivity contribution >= 4 is 15.9 Å². The van der Waals surface area contributed by atoms with Crippen molar-refractivity contribution in [3.63, 3.8) is 0 Å². The number of aliphatic hydroxyl groups excluding tert-OH is 1. The van der Waals surface area contributed by atoms with Crippen LogP contribution in [0.25, 0.3) is 0 Å². The van der Waals surface area contributed by atoms with E-state index in [2.05, 4.69) is 15.9 Å². The Morgan fingerprint density at radius 1 is 1.54 bits per heavy atom. The molecule has 0 radical (unpaired) electrons. The second kappa shape index (κ2) is 3.65. The SMILES string of the molecule is C[C@@](N)(CO)c1ccc(Br)cc1O. The Labute approximate surface area is 85.3 Å². The number of halogens is 1. The van der Waals surface area contributed by atoms with Crippen LogP contribution in [0.3, 0.4) is 0 Å².